The van der Waals surface area contributed by atoms with Crippen molar-refractivity contribution in [3.8, 4) is 0 Å². The van der Waals surface area contributed by atoms with Crippen LogP contribution in [0, 0.1) is 11.8 Å². The summed E-state index contributed by atoms with van der Waals surface area (Å²) in [5.41, 5.74) is 0. The maximum absolute atomic E-state index is 11.5. The van der Waals surface area contributed by atoms with Crippen molar-refractivity contribution in [1.29, 1.82) is 0 Å². The Morgan fingerprint density at radius 2 is 1.72 bits per heavy atom. The Morgan fingerprint density at radius 3 is 2.38 bits per heavy atom. The maximum Gasteiger partial charge on any atom is 0.303 e. The number of unbranched alkanes of at least 4 members (excludes halogenated alkanes) is 5. The summed E-state index contributed by atoms with van der Waals surface area (Å²) in [5.74, 6) is 0.834. The molecule has 0 saturated heterocycles. The molecule has 0 heterocycles. The second kappa shape index (κ2) is 14.9. The summed E-state index contributed by atoms with van der Waals surface area (Å²) in [5, 5.41) is 0.243. The number of carbonyl (C=O) groups excluding carboxylic acids is 1. The fourth-order valence-electron chi connectivity index (χ4n) is 3.78. The van der Waals surface area contributed by atoms with E-state index in [4.69, 9.17) is 9.16 Å². The highest BCUT2D eigenvalue weighted by atomic mass is 28.4. The normalized spacial score (nSPS) is 20.8. The maximum atomic E-state index is 11.5. The summed E-state index contributed by atoms with van der Waals surface area (Å²) < 4.78 is 12.0. The second-order valence-electron chi connectivity index (χ2n) is 10.9. The van der Waals surface area contributed by atoms with Crippen LogP contribution in [-0.2, 0) is 14.0 Å². The van der Waals surface area contributed by atoms with Crippen molar-refractivity contribution in [2.75, 3.05) is 6.61 Å². The van der Waals surface area contributed by atoms with Gasteiger partial charge in [-0.25, -0.2) is 0 Å². The molecular weight excluding hydrogens is 412 g/mol. The van der Waals surface area contributed by atoms with Crippen molar-refractivity contribution in [2.24, 2.45) is 11.8 Å². The molecule has 3 atom stereocenters. The summed E-state index contributed by atoms with van der Waals surface area (Å²) in [6.07, 6.45) is 23.6. The van der Waals surface area contributed by atoms with Crippen LogP contribution in [-0.4, -0.2) is 27.0 Å². The molecule has 184 valence electrons. The molecule has 0 bridgehead atoms. The molecule has 1 rings (SSSR count). The molecule has 0 N–H and O–H groups in total. The topological polar surface area (TPSA) is 35.5 Å². The molecule has 0 aromatic carbocycles. The van der Waals surface area contributed by atoms with E-state index in [0.717, 1.165) is 32.3 Å². The minimum atomic E-state index is -1.72. The van der Waals surface area contributed by atoms with Gasteiger partial charge in [-0.3, -0.25) is 4.79 Å². The third-order valence-corrected chi connectivity index (χ3v) is 11.5. The first-order chi connectivity index (χ1) is 15.1. The lowest BCUT2D eigenvalue weighted by atomic mass is 9.83. The van der Waals surface area contributed by atoms with Crippen LogP contribution in [0.3, 0.4) is 0 Å². The van der Waals surface area contributed by atoms with Gasteiger partial charge in [-0.1, -0.05) is 90.2 Å². The lowest BCUT2D eigenvalue weighted by Gasteiger charge is -2.38. The largest absolute Gasteiger partial charge is 0.458 e. The second-order valence-corrected chi connectivity index (χ2v) is 15.7. The Labute approximate surface area is 199 Å². The van der Waals surface area contributed by atoms with Gasteiger partial charge in [0.1, 0.15) is 6.10 Å². The summed E-state index contributed by atoms with van der Waals surface area (Å²) in [4.78, 5) is 11.5. The van der Waals surface area contributed by atoms with Gasteiger partial charge in [0, 0.05) is 13.5 Å². The monoisotopic (exact) mass is 462 g/mol. The number of rotatable bonds is 14. The molecule has 0 aromatic heterocycles. The molecule has 1 aliphatic rings. The van der Waals surface area contributed by atoms with E-state index in [1.807, 2.05) is 6.08 Å². The lowest BCUT2D eigenvalue weighted by Crippen LogP contribution is -2.42. The average Bonchev–Trinajstić information content (AvgIpc) is 2.71. The third kappa shape index (κ3) is 11.6. The highest BCUT2D eigenvalue weighted by molar-refractivity contribution is 6.74. The highest BCUT2D eigenvalue weighted by Gasteiger charge is 2.38. The van der Waals surface area contributed by atoms with E-state index >= 15 is 0 Å². The van der Waals surface area contributed by atoms with Crippen molar-refractivity contribution < 1.29 is 14.0 Å². The van der Waals surface area contributed by atoms with Gasteiger partial charge in [-0.15, -0.1) is 0 Å². The molecule has 1 aliphatic carbocycles. The van der Waals surface area contributed by atoms with E-state index < -0.39 is 8.32 Å². The van der Waals surface area contributed by atoms with Gasteiger partial charge < -0.3 is 9.16 Å². The van der Waals surface area contributed by atoms with E-state index in [0.29, 0.717) is 11.8 Å². The number of carbonyl (C=O) groups is 1. The van der Waals surface area contributed by atoms with Crippen LogP contribution in [0.15, 0.2) is 36.5 Å². The van der Waals surface area contributed by atoms with E-state index in [1.165, 1.54) is 39.0 Å². The summed E-state index contributed by atoms with van der Waals surface area (Å²) >= 11 is 0. The van der Waals surface area contributed by atoms with Gasteiger partial charge in [-0.2, -0.15) is 0 Å². The molecule has 0 aromatic rings. The Morgan fingerprint density at radius 1 is 1.06 bits per heavy atom. The fraction of sp³-hybridized carbons (Fsp3) is 0.750. The molecule has 0 radical (unpaired) electrons. The Bertz CT molecular complexity index is 613. The van der Waals surface area contributed by atoms with Gasteiger partial charge in [0.15, 0.2) is 8.32 Å². The zero-order valence-corrected chi connectivity index (χ0v) is 23.0. The molecule has 1 unspecified atom stereocenters. The van der Waals surface area contributed by atoms with Gasteiger partial charge in [0.25, 0.3) is 0 Å². The van der Waals surface area contributed by atoms with E-state index in [-0.39, 0.29) is 17.1 Å². The number of allylic oxidation sites excluding steroid dienone is 5. The molecule has 4 heteroatoms. The van der Waals surface area contributed by atoms with E-state index in [1.54, 1.807) is 0 Å². The first kappa shape index (κ1) is 28.9. The standard InChI is InChI=1S/C28H50O3Si/c1-8-9-10-11-12-13-21-27(31-24(2)29)22-17-16-19-25-18-14-15-20-26(25)23-30-32(6,7)28(3,4)5/h14-17,19,22,25-27H,8-13,18,20-21,23H2,1-7H3/b19-16+,22-17+/t25-,26+,27?/m0/s1. The number of hydrogen-bond acceptors (Lipinski definition) is 3. The van der Waals surface area contributed by atoms with Crippen molar-refractivity contribution >= 4 is 14.3 Å². The van der Waals surface area contributed by atoms with Gasteiger partial charge in [0.2, 0.25) is 0 Å². The number of esters is 1. The zero-order valence-electron chi connectivity index (χ0n) is 22.0. The van der Waals surface area contributed by atoms with Crippen LogP contribution in [0.5, 0.6) is 0 Å². The van der Waals surface area contributed by atoms with Crippen LogP contribution in [0.4, 0.5) is 0 Å². The predicted octanol–water partition coefficient (Wildman–Crippen LogP) is 8.39. The highest BCUT2D eigenvalue weighted by Crippen LogP contribution is 2.38. The lowest BCUT2D eigenvalue weighted by molar-refractivity contribution is -0.144. The molecule has 0 fully saturated rings. The number of ether oxygens (including phenoxy) is 1. The Hall–Kier alpha value is -1.13. The van der Waals surface area contributed by atoms with Crippen molar-refractivity contribution in [2.45, 2.75) is 117 Å². The van der Waals surface area contributed by atoms with Crippen LogP contribution in [0.2, 0.25) is 18.1 Å². The Balaban J connectivity index is 2.58. The van der Waals surface area contributed by atoms with Crippen LogP contribution in [0.1, 0.15) is 92.4 Å². The fourth-order valence-corrected chi connectivity index (χ4v) is 4.84. The zero-order chi connectivity index (χ0) is 24.0. The van der Waals surface area contributed by atoms with Gasteiger partial charge in [-0.05, 0) is 61.7 Å². The van der Waals surface area contributed by atoms with E-state index in [9.17, 15) is 4.79 Å². The summed E-state index contributed by atoms with van der Waals surface area (Å²) in [6.45, 7) is 16.1. The summed E-state index contributed by atoms with van der Waals surface area (Å²) in [7, 11) is -1.72. The first-order valence-corrected chi connectivity index (χ1v) is 15.8. The van der Waals surface area contributed by atoms with Crippen LogP contribution in [0.25, 0.3) is 0 Å². The van der Waals surface area contributed by atoms with Crippen LogP contribution >= 0.6 is 0 Å². The average molecular weight is 463 g/mol. The minimum Gasteiger partial charge on any atom is -0.458 e. The first-order valence-electron chi connectivity index (χ1n) is 12.9. The van der Waals surface area contributed by atoms with Crippen molar-refractivity contribution in [3.63, 3.8) is 0 Å². The SMILES string of the molecule is CCCCCCCCC(/C=C/C=C/[C@@H]1CC=CC[C@@H]1CO[Si](C)(C)C(C)(C)C)OC(C)=O. The van der Waals surface area contributed by atoms with Crippen LogP contribution < -0.4 is 0 Å². The molecule has 0 spiro atoms. The molecule has 32 heavy (non-hydrogen) atoms. The molecule has 3 nitrogen and oxygen atoms in total. The Kier molecular flexibility index (Phi) is 13.5. The quantitative estimate of drug-likeness (QED) is 0.0854. The minimum absolute atomic E-state index is 0.118. The molecule has 0 saturated carbocycles. The van der Waals surface area contributed by atoms with Crippen molar-refractivity contribution in [1.82, 2.24) is 0 Å². The number of hydrogen-bond donors (Lipinski definition) is 0. The van der Waals surface area contributed by atoms with Gasteiger partial charge in [0.05, 0.1) is 0 Å². The summed E-state index contributed by atoms with van der Waals surface area (Å²) in [6, 6.07) is 0. The molecule has 0 amide bonds. The molecule has 0 aliphatic heterocycles. The van der Waals surface area contributed by atoms with Gasteiger partial charge >= 0.3 is 5.97 Å². The third-order valence-electron chi connectivity index (χ3n) is 7.04. The predicted molar refractivity (Wildman–Crippen MR) is 140 cm³/mol. The van der Waals surface area contributed by atoms with Crippen molar-refractivity contribution in [3.05, 3.63) is 36.5 Å². The van der Waals surface area contributed by atoms with E-state index in [2.05, 4.69) is 71.2 Å². The smallest absolute Gasteiger partial charge is 0.303 e. The molecular formula is C28H50O3Si.